The summed E-state index contributed by atoms with van der Waals surface area (Å²) >= 11 is 3.11. The summed E-state index contributed by atoms with van der Waals surface area (Å²) in [5.41, 5.74) is 0. The Morgan fingerprint density at radius 1 is 1.46 bits per heavy atom. The third kappa shape index (κ3) is 2.10. The van der Waals surface area contributed by atoms with Crippen molar-refractivity contribution in [2.45, 2.75) is 4.90 Å². The topological polar surface area (TPSA) is 54.4 Å². The van der Waals surface area contributed by atoms with Crippen molar-refractivity contribution in [1.29, 1.82) is 0 Å². The molecule has 0 unspecified atom stereocenters. The molecule has 0 aliphatic heterocycles. The van der Waals surface area contributed by atoms with Crippen LogP contribution in [0.4, 0.5) is 0 Å². The number of hydrogen-bond donors (Lipinski definition) is 1. The quantitative estimate of drug-likeness (QED) is 0.888. The van der Waals surface area contributed by atoms with Crippen LogP contribution in [0.3, 0.4) is 0 Å². The molecule has 1 aromatic carbocycles. The second-order valence-electron chi connectivity index (χ2n) is 2.32. The summed E-state index contributed by atoms with van der Waals surface area (Å²) in [5, 5.41) is 10.1. The predicted molar refractivity (Wildman–Crippen MR) is 53.2 cm³/mol. The summed E-state index contributed by atoms with van der Waals surface area (Å²) in [4.78, 5) is -0.142. The van der Waals surface area contributed by atoms with Gasteiger partial charge in [0.15, 0.2) is 0 Å². The van der Waals surface area contributed by atoms with Crippen molar-refractivity contribution in [2.24, 2.45) is 0 Å². The van der Waals surface area contributed by atoms with Crippen LogP contribution < -0.4 is 0 Å². The lowest BCUT2D eigenvalue weighted by Gasteiger charge is -2.02. The molecule has 0 saturated carbocycles. The summed E-state index contributed by atoms with van der Waals surface area (Å²) in [6.45, 7) is 3.17. The molecule has 1 N–H and O–H groups in total. The number of phenols is 1. The minimum atomic E-state index is -3.57. The third-order valence-electron chi connectivity index (χ3n) is 1.45. The van der Waals surface area contributed by atoms with Crippen LogP contribution in [0.2, 0.25) is 0 Å². The zero-order valence-electron chi connectivity index (χ0n) is 6.57. The number of phenolic OH excluding ortho intramolecular Hbond substituents is 1. The standard InChI is InChI=1S/C8H7BrO3S/c1-2-13(11,12)8-5-6(9)3-4-7(8)10/h2-5,10H,1H2. The Morgan fingerprint density at radius 3 is 2.62 bits per heavy atom. The van der Waals surface area contributed by atoms with Gasteiger partial charge >= 0.3 is 0 Å². The maximum absolute atomic E-state index is 11.3. The van der Waals surface area contributed by atoms with E-state index in [4.69, 9.17) is 0 Å². The van der Waals surface area contributed by atoms with E-state index in [9.17, 15) is 13.5 Å². The number of sulfone groups is 1. The van der Waals surface area contributed by atoms with Gasteiger partial charge < -0.3 is 5.11 Å². The van der Waals surface area contributed by atoms with Crippen LogP contribution in [-0.2, 0) is 9.84 Å². The molecule has 1 aromatic rings. The summed E-state index contributed by atoms with van der Waals surface area (Å²) in [7, 11) is -3.57. The molecule has 3 nitrogen and oxygen atoms in total. The van der Waals surface area contributed by atoms with E-state index < -0.39 is 9.84 Å². The van der Waals surface area contributed by atoms with Gasteiger partial charge in [0.25, 0.3) is 0 Å². The maximum atomic E-state index is 11.3. The van der Waals surface area contributed by atoms with Crippen LogP contribution in [0.5, 0.6) is 5.75 Å². The van der Waals surface area contributed by atoms with E-state index in [-0.39, 0.29) is 10.6 Å². The highest BCUT2D eigenvalue weighted by Gasteiger charge is 2.14. The van der Waals surface area contributed by atoms with E-state index in [1.54, 1.807) is 6.07 Å². The maximum Gasteiger partial charge on any atom is 0.202 e. The van der Waals surface area contributed by atoms with Gasteiger partial charge in [-0.3, -0.25) is 0 Å². The Hall–Kier alpha value is -0.810. The van der Waals surface area contributed by atoms with Gasteiger partial charge in [-0.2, -0.15) is 0 Å². The molecule has 1 rings (SSSR count). The molecule has 13 heavy (non-hydrogen) atoms. The minimum Gasteiger partial charge on any atom is -0.507 e. The normalized spacial score (nSPS) is 11.2. The average molecular weight is 263 g/mol. The lowest BCUT2D eigenvalue weighted by molar-refractivity contribution is 0.459. The molecule has 0 bridgehead atoms. The van der Waals surface area contributed by atoms with E-state index in [0.717, 1.165) is 5.41 Å². The predicted octanol–water partition coefficient (Wildman–Crippen LogP) is 2.07. The molecular weight excluding hydrogens is 256 g/mol. The van der Waals surface area contributed by atoms with E-state index >= 15 is 0 Å². The van der Waals surface area contributed by atoms with Gasteiger partial charge in [0.05, 0.1) is 0 Å². The van der Waals surface area contributed by atoms with Gasteiger partial charge in [-0.05, 0) is 18.2 Å². The van der Waals surface area contributed by atoms with Crippen LogP contribution in [0.1, 0.15) is 0 Å². The van der Waals surface area contributed by atoms with Crippen molar-refractivity contribution in [1.82, 2.24) is 0 Å². The highest BCUT2D eigenvalue weighted by atomic mass is 79.9. The third-order valence-corrected chi connectivity index (χ3v) is 3.32. The van der Waals surface area contributed by atoms with Crippen LogP contribution in [-0.4, -0.2) is 13.5 Å². The van der Waals surface area contributed by atoms with Crippen molar-refractivity contribution in [3.63, 3.8) is 0 Å². The highest BCUT2D eigenvalue weighted by Crippen LogP contribution is 2.27. The molecule has 0 heterocycles. The van der Waals surface area contributed by atoms with Gasteiger partial charge in [0.2, 0.25) is 9.84 Å². The van der Waals surface area contributed by atoms with Crippen molar-refractivity contribution in [2.75, 3.05) is 0 Å². The molecule has 0 aromatic heterocycles. The van der Waals surface area contributed by atoms with E-state index in [0.29, 0.717) is 4.47 Å². The lowest BCUT2D eigenvalue weighted by atomic mass is 10.3. The number of aromatic hydroxyl groups is 1. The van der Waals surface area contributed by atoms with E-state index in [1.807, 2.05) is 0 Å². The fourth-order valence-corrected chi connectivity index (χ4v) is 2.15. The van der Waals surface area contributed by atoms with Gasteiger partial charge in [-0.25, -0.2) is 8.42 Å². The van der Waals surface area contributed by atoms with Crippen LogP contribution in [0, 0.1) is 0 Å². The van der Waals surface area contributed by atoms with E-state index in [2.05, 4.69) is 22.5 Å². The number of benzene rings is 1. The first-order valence-corrected chi connectivity index (χ1v) is 5.67. The molecule has 0 spiro atoms. The first-order chi connectivity index (χ1) is 5.97. The zero-order valence-corrected chi connectivity index (χ0v) is 8.97. The monoisotopic (exact) mass is 262 g/mol. The molecule has 0 aliphatic rings. The van der Waals surface area contributed by atoms with Crippen molar-refractivity contribution in [3.05, 3.63) is 34.7 Å². The first kappa shape index (κ1) is 10.3. The largest absolute Gasteiger partial charge is 0.507 e. The molecular formula is C8H7BrO3S. The Labute approximate surface area is 84.8 Å². The molecule has 0 atom stereocenters. The average Bonchev–Trinajstić information content (AvgIpc) is 2.09. The van der Waals surface area contributed by atoms with Crippen LogP contribution in [0.15, 0.2) is 39.6 Å². The molecule has 70 valence electrons. The molecule has 5 heteroatoms. The lowest BCUT2D eigenvalue weighted by Crippen LogP contribution is -1.95. The Kier molecular flexibility index (Phi) is 2.77. The Balaban J connectivity index is 3.46. The highest BCUT2D eigenvalue weighted by molar-refractivity contribution is 9.10. The molecule has 0 radical (unpaired) electrons. The molecule has 0 aliphatic carbocycles. The smallest absolute Gasteiger partial charge is 0.202 e. The van der Waals surface area contributed by atoms with Gasteiger partial charge in [-0.15, -0.1) is 0 Å². The number of rotatable bonds is 2. The zero-order chi connectivity index (χ0) is 10.1. The second kappa shape index (κ2) is 3.51. The van der Waals surface area contributed by atoms with Gasteiger partial charge in [-0.1, -0.05) is 22.5 Å². The summed E-state index contributed by atoms with van der Waals surface area (Å²) in [6, 6.07) is 4.18. The van der Waals surface area contributed by atoms with Crippen LogP contribution >= 0.6 is 15.9 Å². The number of hydrogen-bond acceptors (Lipinski definition) is 3. The first-order valence-electron chi connectivity index (χ1n) is 3.33. The molecule has 0 saturated heterocycles. The van der Waals surface area contributed by atoms with Crippen molar-refractivity contribution < 1.29 is 13.5 Å². The van der Waals surface area contributed by atoms with E-state index in [1.165, 1.54) is 12.1 Å². The van der Waals surface area contributed by atoms with Crippen molar-refractivity contribution >= 4 is 25.8 Å². The fourth-order valence-electron chi connectivity index (χ4n) is 0.806. The SMILES string of the molecule is C=CS(=O)(=O)c1cc(Br)ccc1O. The van der Waals surface area contributed by atoms with Gasteiger partial charge in [0, 0.05) is 9.88 Å². The number of halogens is 1. The molecule has 0 fully saturated rings. The summed E-state index contributed by atoms with van der Waals surface area (Å²) < 4.78 is 23.1. The minimum absolute atomic E-state index is 0.142. The summed E-state index contributed by atoms with van der Waals surface area (Å²) in [6.07, 6.45) is 0. The van der Waals surface area contributed by atoms with Gasteiger partial charge in [0.1, 0.15) is 10.6 Å². The Bertz CT molecular complexity index is 437. The molecule has 0 amide bonds. The van der Waals surface area contributed by atoms with Crippen molar-refractivity contribution in [3.8, 4) is 5.75 Å². The Morgan fingerprint density at radius 2 is 2.08 bits per heavy atom. The summed E-state index contributed by atoms with van der Waals surface area (Å²) in [5.74, 6) is -0.275. The second-order valence-corrected chi connectivity index (χ2v) is 5.10. The fraction of sp³-hybridized carbons (Fsp3) is 0. The van der Waals surface area contributed by atoms with Crippen LogP contribution in [0.25, 0.3) is 0 Å².